The normalized spacial score (nSPS) is 21.1. The first kappa shape index (κ1) is 39.4. The molecule has 60 heavy (non-hydrogen) atoms. The van der Waals surface area contributed by atoms with Gasteiger partial charge in [0, 0.05) is 50.0 Å². The van der Waals surface area contributed by atoms with Crippen LogP contribution in [0.2, 0.25) is 5.02 Å². The van der Waals surface area contributed by atoms with E-state index in [9.17, 15) is 29.2 Å². The number of hydrogen-bond acceptors (Lipinski definition) is 9. The van der Waals surface area contributed by atoms with Crippen molar-refractivity contribution >= 4 is 63.9 Å². The van der Waals surface area contributed by atoms with Crippen molar-refractivity contribution in [3.8, 4) is 17.2 Å². The molecule has 3 saturated heterocycles. The standard InChI is InChI=1S/C47H46ClN7O5/c1-4-51(35-18-20-52(27-35)33-12-13-36-37(22-33)45(59)55(44(36)58)41-15-16-42(56)50-43(41)57)19-17-28-25-53(26-28)32-9-5-29(6-10-32)30-8-14-40-38(21-30)47(2,3)46(60)54(40)34-11-7-31(24-49)39(48)23-34/h5-14,21-23,28,35,41H,4,15-20,25-27H2,1-3H3,(H,50,56,57). The van der Waals surface area contributed by atoms with Gasteiger partial charge in [-0.2, -0.15) is 5.26 Å². The van der Waals surface area contributed by atoms with Crippen molar-refractivity contribution in [1.29, 1.82) is 5.26 Å². The Morgan fingerprint density at radius 3 is 2.25 bits per heavy atom. The molecule has 0 bridgehead atoms. The lowest BCUT2D eigenvalue weighted by Gasteiger charge is -2.42. The number of nitrogens with zero attached hydrogens (tertiary/aromatic N) is 6. The van der Waals surface area contributed by atoms with Crippen LogP contribution in [0.4, 0.5) is 22.7 Å². The number of hydrogen-bond donors (Lipinski definition) is 1. The van der Waals surface area contributed by atoms with Gasteiger partial charge < -0.3 is 9.80 Å². The van der Waals surface area contributed by atoms with Gasteiger partial charge in [0.1, 0.15) is 12.1 Å². The van der Waals surface area contributed by atoms with Gasteiger partial charge in [0.05, 0.1) is 38.5 Å². The molecule has 5 aliphatic rings. The highest BCUT2D eigenvalue weighted by molar-refractivity contribution is 6.32. The zero-order valence-corrected chi connectivity index (χ0v) is 34.7. The maximum atomic E-state index is 13.7. The summed E-state index contributed by atoms with van der Waals surface area (Å²) in [5.74, 6) is -1.40. The van der Waals surface area contributed by atoms with E-state index in [1.54, 1.807) is 35.2 Å². The van der Waals surface area contributed by atoms with Gasteiger partial charge in [-0.25, -0.2) is 0 Å². The molecule has 5 aliphatic heterocycles. The Hall–Kier alpha value is -6.03. The van der Waals surface area contributed by atoms with Crippen LogP contribution in [0.1, 0.15) is 78.3 Å². The van der Waals surface area contributed by atoms with E-state index in [-0.39, 0.29) is 18.7 Å². The minimum absolute atomic E-state index is 0.0402. The van der Waals surface area contributed by atoms with Gasteiger partial charge in [-0.15, -0.1) is 0 Å². The number of amides is 5. The summed E-state index contributed by atoms with van der Waals surface area (Å²) in [6.45, 7) is 11.8. The molecule has 9 rings (SSSR count). The summed E-state index contributed by atoms with van der Waals surface area (Å²) in [6, 6.07) is 26.8. The summed E-state index contributed by atoms with van der Waals surface area (Å²) in [5, 5.41) is 11.9. The van der Waals surface area contributed by atoms with E-state index in [1.165, 1.54) is 5.69 Å². The fourth-order valence-corrected chi connectivity index (χ4v) is 9.83. The second kappa shape index (κ2) is 15.2. The summed E-state index contributed by atoms with van der Waals surface area (Å²) in [4.78, 5) is 74.4. The molecule has 0 spiro atoms. The number of fused-ring (bicyclic) bond motifs is 2. The molecule has 3 fully saturated rings. The van der Waals surface area contributed by atoms with Crippen LogP contribution >= 0.6 is 11.6 Å². The van der Waals surface area contributed by atoms with E-state index < -0.39 is 35.1 Å². The summed E-state index contributed by atoms with van der Waals surface area (Å²) >= 11 is 6.34. The van der Waals surface area contributed by atoms with Crippen molar-refractivity contribution in [3.63, 3.8) is 0 Å². The molecule has 2 atom stereocenters. The van der Waals surface area contributed by atoms with Crippen LogP contribution in [0.25, 0.3) is 11.1 Å². The number of nitrogens with one attached hydrogen (secondary N) is 1. The van der Waals surface area contributed by atoms with Crippen LogP contribution in [0.5, 0.6) is 0 Å². The van der Waals surface area contributed by atoms with Gasteiger partial charge in [0.2, 0.25) is 17.7 Å². The van der Waals surface area contributed by atoms with Crippen molar-refractivity contribution in [3.05, 3.63) is 106 Å². The van der Waals surface area contributed by atoms with Gasteiger partial charge >= 0.3 is 0 Å². The van der Waals surface area contributed by atoms with Crippen molar-refractivity contribution in [2.24, 2.45) is 5.92 Å². The van der Waals surface area contributed by atoms with E-state index in [2.05, 4.69) is 69.4 Å². The van der Waals surface area contributed by atoms with E-state index >= 15 is 0 Å². The van der Waals surface area contributed by atoms with Crippen molar-refractivity contribution < 1.29 is 24.0 Å². The van der Waals surface area contributed by atoms with Crippen molar-refractivity contribution in [2.75, 3.05) is 54.0 Å². The Labute approximate surface area is 354 Å². The Kier molecular flexibility index (Phi) is 10.00. The number of halogens is 1. The summed E-state index contributed by atoms with van der Waals surface area (Å²) in [7, 11) is 0. The monoisotopic (exact) mass is 823 g/mol. The van der Waals surface area contributed by atoms with Gasteiger partial charge in [-0.1, -0.05) is 36.7 Å². The predicted octanol–water partition coefficient (Wildman–Crippen LogP) is 6.66. The second-order valence-electron chi connectivity index (χ2n) is 17.1. The molecule has 5 heterocycles. The number of carbonyl (C=O) groups excluding carboxylic acids is 5. The molecule has 0 radical (unpaired) electrons. The fourth-order valence-electron chi connectivity index (χ4n) is 9.61. The average Bonchev–Trinajstić information content (AvgIpc) is 3.87. The Balaban J connectivity index is 0.784. The van der Waals surface area contributed by atoms with Crippen LogP contribution in [0.3, 0.4) is 0 Å². The number of anilines is 4. The Morgan fingerprint density at radius 1 is 0.817 bits per heavy atom. The minimum Gasteiger partial charge on any atom is -0.371 e. The van der Waals surface area contributed by atoms with E-state index in [0.717, 1.165) is 85.1 Å². The van der Waals surface area contributed by atoms with Crippen molar-refractivity contribution in [2.45, 2.75) is 64.0 Å². The highest BCUT2D eigenvalue weighted by Crippen LogP contribution is 2.47. The Morgan fingerprint density at radius 2 is 1.53 bits per heavy atom. The van der Waals surface area contributed by atoms with Gasteiger partial charge in [0.15, 0.2) is 0 Å². The highest BCUT2D eigenvalue weighted by atomic mass is 35.5. The molecule has 0 aliphatic carbocycles. The maximum absolute atomic E-state index is 13.7. The number of likely N-dealkylation sites (N-methyl/N-ethyl adjacent to an activating group) is 1. The SMILES string of the molecule is CCN(CCC1CN(c2ccc(-c3ccc4c(c3)C(C)(C)C(=O)N4c3ccc(C#N)c(Cl)c3)cc2)C1)C1CCN(c2ccc3c(c2)C(=O)N(C2CCC(=O)NC2=O)C3=O)C1. The minimum atomic E-state index is -0.974. The number of nitriles is 1. The quantitative estimate of drug-likeness (QED) is 0.174. The van der Waals surface area contributed by atoms with Gasteiger partial charge in [0.25, 0.3) is 11.8 Å². The lowest BCUT2D eigenvalue weighted by molar-refractivity contribution is -0.136. The largest absolute Gasteiger partial charge is 0.371 e. The van der Waals surface area contributed by atoms with Crippen LogP contribution < -0.4 is 20.0 Å². The lowest BCUT2D eigenvalue weighted by atomic mass is 9.84. The Bertz CT molecular complexity index is 2510. The van der Waals surface area contributed by atoms with Gasteiger partial charge in [-0.05, 0) is 129 Å². The number of carbonyl (C=O) groups is 5. The van der Waals surface area contributed by atoms with E-state index in [1.807, 2.05) is 26.0 Å². The third kappa shape index (κ3) is 6.70. The summed E-state index contributed by atoms with van der Waals surface area (Å²) in [5.41, 5.74) is 6.88. The third-order valence-electron chi connectivity index (χ3n) is 13.2. The zero-order valence-electron chi connectivity index (χ0n) is 33.9. The predicted molar refractivity (Wildman–Crippen MR) is 230 cm³/mol. The molecule has 2 unspecified atom stereocenters. The fraction of sp³-hybridized carbons (Fsp3) is 0.362. The highest BCUT2D eigenvalue weighted by Gasteiger charge is 2.46. The first-order valence-corrected chi connectivity index (χ1v) is 21.1. The molecule has 4 aromatic carbocycles. The smallest absolute Gasteiger partial charge is 0.262 e. The number of imide groups is 2. The van der Waals surface area contributed by atoms with Gasteiger partial charge in [-0.3, -0.25) is 44.0 Å². The van der Waals surface area contributed by atoms with E-state index in [4.69, 9.17) is 11.6 Å². The van der Waals surface area contributed by atoms with Crippen molar-refractivity contribution in [1.82, 2.24) is 15.1 Å². The maximum Gasteiger partial charge on any atom is 0.262 e. The molecule has 4 aromatic rings. The first-order valence-electron chi connectivity index (χ1n) is 20.7. The zero-order chi connectivity index (χ0) is 42.0. The molecule has 13 heteroatoms. The molecule has 0 saturated carbocycles. The third-order valence-corrected chi connectivity index (χ3v) is 13.5. The molecule has 5 amide bonds. The van der Waals surface area contributed by atoms with Crippen LogP contribution in [-0.2, 0) is 19.8 Å². The molecular formula is C47H46ClN7O5. The average molecular weight is 824 g/mol. The first-order chi connectivity index (χ1) is 28.9. The molecule has 306 valence electrons. The number of benzene rings is 4. The summed E-state index contributed by atoms with van der Waals surface area (Å²) < 4.78 is 0. The topological polar surface area (TPSA) is 137 Å². The van der Waals surface area contributed by atoms with Crippen LogP contribution in [0.15, 0.2) is 78.9 Å². The molecule has 12 nitrogen and oxygen atoms in total. The lowest BCUT2D eigenvalue weighted by Crippen LogP contribution is -2.54. The molecule has 0 aromatic heterocycles. The number of rotatable bonds is 10. The molecular weight excluding hydrogens is 778 g/mol. The van der Waals surface area contributed by atoms with Crippen LogP contribution in [-0.4, -0.2) is 90.7 Å². The second-order valence-corrected chi connectivity index (χ2v) is 17.5. The number of piperidine rings is 1. The van der Waals surface area contributed by atoms with Crippen LogP contribution in [0, 0.1) is 17.2 Å². The summed E-state index contributed by atoms with van der Waals surface area (Å²) in [6.07, 6.45) is 2.34. The molecule has 1 N–H and O–H groups in total. The van der Waals surface area contributed by atoms with E-state index in [0.29, 0.717) is 39.4 Å².